The summed E-state index contributed by atoms with van der Waals surface area (Å²) in [4.78, 5) is 26.2. The van der Waals surface area contributed by atoms with E-state index in [2.05, 4.69) is 12.2 Å². The molecule has 2 N–H and O–H groups in total. The van der Waals surface area contributed by atoms with Crippen LogP contribution in [0.15, 0.2) is 78.9 Å². The van der Waals surface area contributed by atoms with Gasteiger partial charge in [0.2, 0.25) is 0 Å². The van der Waals surface area contributed by atoms with Gasteiger partial charge in [0.1, 0.15) is 0 Å². The van der Waals surface area contributed by atoms with Crippen molar-refractivity contribution in [1.82, 2.24) is 5.32 Å². The molecule has 38 heavy (non-hydrogen) atoms. The number of urea groups is 1. The number of carbonyl (C=O) groups is 2. The van der Waals surface area contributed by atoms with Crippen LogP contribution < -0.4 is 10.2 Å². The monoisotopic (exact) mass is 516 g/mol. The Bertz CT molecular complexity index is 1150. The molecule has 6 heteroatoms. The number of aliphatic carboxylic acids is 1. The van der Waals surface area contributed by atoms with Crippen molar-refractivity contribution in [2.45, 2.75) is 64.6 Å². The fourth-order valence-corrected chi connectivity index (χ4v) is 4.40. The number of benzene rings is 3. The van der Waals surface area contributed by atoms with Crippen LogP contribution in [0, 0.1) is 0 Å². The van der Waals surface area contributed by atoms with E-state index in [1.54, 1.807) is 11.9 Å². The molecule has 0 radical (unpaired) electrons. The molecule has 0 aliphatic rings. The zero-order valence-electron chi connectivity index (χ0n) is 22.7. The van der Waals surface area contributed by atoms with Crippen LogP contribution in [-0.4, -0.2) is 36.8 Å². The number of anilines is 1. The summed E-state index contributed by atoms with van der Waals surface area (Å²) in [6.45, 7) is 4.99. The lowest BCUT2D eigenvalue weighted by atomic mass is 9.93. The molecule has 2 unspecified atom stereocenters. The summed E-state index contributed by atoms with van der Waals surface area (Å²) >= 11 is 0. The lowest BCUT2D eigenvalue weighted by Crippen LogP contribution is -2.37. The smallest absolute Gasteiger partial charge is 0.333 e. The summed E-state index contributed by atoms with van der Waals surface area (Å²) in [6, 6.07) is 25.2. The van der Waals surface area contributed by atoms with Gasteiger partial charge in [0, 0.05) is 25.2 Å². The van der Waals surface area contributed by atoms with E-state index in [0.717, 1.165) is 40.8 Å². The van der Waals surface area contributed by atoms with Crippen molar-refractivity contribution in [2.75, 3.05) is 18.5 Å². The third kappa shape index (κ3) is 8.45. The van der Waals surface area contributed by atoms with Crippen LogP contribution >= 0.6 is 0 Å². The Hall–Kier alpha value is -3.64. The number of ether oxygens (including phenoxy) is 1. The van der Waals surface area contributed by atoms with Crippen molar-refractivity contribution < 1.29 is 19.4 Å². The molecule has 0 aliphatic heterocycles. The SMILES string of the molecule is CCCCCCCNC(=O)N(C)c1cccc(-c2ccc(C(C)C(OCc3ccccc3)C(=O)O)cc2)c1. The molecule has 0 aromatic heterocycles. The highest BCUT2D eigenvalue weighted by Crippen LogP contribution is 2.28. The minimum absolute atomic E-state index is 0.114. The summed E-state index contributed by atoms with van der Waals surface area (Å²) in [5.41, 5.74) is 4.61. The minimum Gasteiger partial charge on any atom is -0.479 e. The van der Waals surface area contributed by atoms with Crippen molar-refractivity contribution in [3.05, 3.63) is 90.0 Å². The third-order valence-corrected chi connectivity index (χ3v) is 6.83. The van der Waals surface area contributed by atoms with E-state index in [-0.39, 0.29) is 18.6 Å². The predicted octanol–water partition coefficient (Wildman–Crippen LogP) is 7.24. The van der Waals surface area contributed by atoms with Crippen LogP contribution in [0.25, 0.3) is 11.1 Å². The second-order valence-corrected chi connectivity index (χ2v) is 9.72. The fourth-order valence-electron chi connectivity index (χ4n) is 4.40. The molecule has 202 valence electrons. The maximum absolute atomic E-state index is 12.6. The number of nitrogens with one attached hydrogen (secondary N) is 1. The van der Waals surface area contributed by atoms with Gasteiger partial charge in [0.05, 0.1) is 6.61 Å². The Morgan fingerprint density at radius 2 is 1.61 bits per heavy atom. The standard InChI is InChI=1S/C32H40N2O4/c1-4-5-6-7-11-21-33-32(37)34(3)29-16-12-15-28(22-29)27-19-17-26(18-20-27)24(2)30(31(35)36)38-23-25-13-9-8-10-14-25/h8-10,12-20,22,24,30H,4-7,11,21,23H2,1-3H3,(H,33,37)(H,35,36). The number of hydrogen-bond acceptors (Lipinski definition) is 3. The number of unbranched alkanes of at least 4 members (excludes halogenated alkanes) is 4. The highest BCUT2D eigenvalue weighted by atomic mass is 16.5. The van der Waals surface area contributed by atoms with Gasteiger partial charge in [0.15, 0.2) is 6.10 Å². The average Bonchev–Trinajstić information content (AvgIpc) is 2.95. The summed E-state index contributed by atoms with van der Waals surface area (Å²) in [5, 5.41) is 12.8. The van der Waals surface area contributed by atoms with Crippen molar-refractivity contribution in [1.29, 1.82) is 0 Å². The number of amides is 2. The first kappa shape index (κ1) is 28.9. The normalized spacial score (nSPS) is 12.5. The van der Waals surface area contributed by atoms with Gasteiger partial charge in [-0.25, -0.2) is 9.59 Å². The quantitative estimate of drug-likeness (QED) is 0.221. The van der Waals surface area contributed by atoms with Gasteiger partial charge in [-0.05, 0) is 40.8 Å². The first-order valence-corrected chi connectivity index (χ1v) is 13.5. The summed E-state index contributed by atoms with van der Waals surface area (Å²) in [5.74, 6) is -1.30. The molecular weight excluding hydrogens is 476 g/mol. The Balaban J connectivity index is 1.62. The van der Waals surface area contributed by atoms with Gasteiger partial charge in [0.25, 0.3) is 0 Å². The molecule has 3 aromatic carbocycles. The third-order valence-electron chi connectivity index (χ3n) is 6.83. The molecule has 0 fully saturated rings. The number of rotatable bonds is 14. The molecular formula is C32H40N2O4. The van der Waals surface area contributed by atoms with E-state index in [9.17, 15) is 14.7 Å². The van der Waals surface area contributed by atoms with E-state index in [0.29, 0.717) is 6.54 Å². The lowest BCUT2D eigenvalue weighted by Gasteiger charge is -2.22. The van der Waals surface area contributed by atoms with Gasteiger partial charge >= 0.3 is 12.0 Å². The Kier molecular flexibility index (Phi) is 11.4. The van der Waals surface area contributed by atoms with Crippen LogP contribution in [0.3, 0.4) is 0 Å². The highest BCUT2D eigenvalue weighted by Gasteiger charge is 2.27. The Morgan fingerprint density at radius 1 is 0.895 bits per heavy atom. The van der Waals surface area contributed by atoms with E-state index < -0.39 is 12.1 Å². The maximum Gasteiger partial charge on any atom is 0.333 e. The van der Waals surface area contributed by atoms with E-state index in [4.69, 9.17) is 4.74 Å². The zero-order chi connectivity index (χ0) is 27.3. The van der Waals surface area contributed by atoms with E-state index in [1.165, 1.54) is 19.3 Å². The van der Waals surface area contributed by atoms with E-state index >= 15 is 0 Å². The Labute approximate surface area is 226 Å². The van der Waals surface area contributed by atoms with Crippen molar-refractivity contribution in [3.63, 3.8) is 0 Å². The molecule has 0 saturated heterocycles. The number of hydrogen-bond donors (Lipinski definition) is 2. The summed E-state index contributed by atoms with van der Waals surface area (Å²) in [7, 11) is 1.78. The van der Waals surface area contributed by atoms with Crippen LogP contribution in [0.4, 0.5) is 10.5 Å². The van der Waals surface area contributed by atoms with Crippen LogP contribution in [0.1, 0.15) is 63.0 Å². The van der Waals surface area contributed by atoms with Crippen LogP contribution in [-0.2, 0) is 16.1 Å². The molecule has 2 amide bonds. The molecule has 0 bridgehead atoms. The topological polar surface area (TPSA) is 78.9 Å². The van der Waals surface area contributed by atoms with Gasteiger partial charge < -0.3 is 15.2 Å². The highest BCUT2D eigenvalue weighted by molar-refractivity contribution is 5.92. The summed E-state index contributed by atoms with van der Waals surface area (Å²) < 4.78 is 5.79. The molecule has 0 aliphatic carbocycles. The van der Waals surface area contributed by atoms with Crippen molar-refractivity contribution in [2.24, 2.45) is 0 Å². The van der Waals surface area contributed by atoms with E-state index in [1.807, 2.05) is 85.8 Å². The molecule has 0 heterocycles. The molecule has 2 atom stereocenters. The van der Waals surface area contributed by atoms with Gasteiger partial charge in [-0.1, -0.05) is 106 Å². The van der Waals surface area contributed by atoms with Crippen molar-refractivity contribution >= 4 is 17.7 Å². The largest absolute Gasteiger partial charge is 0.479 e. The molecule has 0 spiro atoms. The van der Waals surface area contributed by atoms with Gasteiger partial charge in [-0.2, -0.15) is 0 Å². The molecule has 6 nitrogen and oxygen atoms in total. The Morgan fingerprint density at radius 3 is 2.29 bits per heavy atom. The molecule has 3 aromatic rings. The van der Waals surface area contributed by atoms with Crippen LogP contribution in [0.5, 0.6) is 0 Å². The van der Waals surface area contributed by atoms with Crippen molar-refractivity contribution in [3.8, 4) is 11.1 Å². The maximum atomic E-state index is 12.6. The second-order valence-electron chi connectivity index (χ2n) is 9.72. The fraction of sp³-hybridized carbons (Fsp3) is 0.375. The first-order chi connectivity index (χ1) is 18.4. The predicted molar refractivity (Wildman–Crippen MR) is 154 cm³/mol. The van der Waals surface area contributed by atoms with Gasteiger partial charge in [-0.3, -0.25) is 4.90 Å². The lowest BCUT2D eigenvalue weighted by molar-refractivity contribution is -0.152. The minimum atomic E-state index is -0.979. The number of carboxylic acid groups (broad SMARTS) is 1. The van der Waals surface area contributed by atoms with Gasteiger partial charge in [-0.15, -0.1) is 0 Å². The zero-order valence-corrected chi connectivity index (χ0v) is 22.7. The summed E-state index contributed by atoms with van der Waals surface area (Å²) in [6.07, 6.45) is 4.82. The number of carboxylic acids is 1. The average molecular weight is 517 g/mol. The number of carbonyl (C=O) groups excluding carboxylic acids is 1. The first-order valence-electron chi connectivity index (χ1n) is 13.5. The van der Waals surface area contributed by atoms with Crippen LogP contribution in [0.2, 0.25) is 0 Å². The number of nitrogens with zero attached hydrogens (tertiary/aromatic N) is 1. The molecule has 3 rings (SSSR count). The second kappa shape index (κ2) is 14.9. The molecule has 0 saturated carbocycles.